The Labute approximate surface area is 117 Å². The van der Waals surface area contributed by atoms with Gasteiger partial charge in [-0.25, -0.2) is 4.79 Å². The number of hydrogen-bond acceptors (Lipinski definition) is 3. The van der Waals surface area contributed by atoms with E-state index in [1.54, 1.807) is 0 Å². The van der Waals surface area contributed by atoms with E-state index in [9.17, 15) is 9.59 Å². The molecule has 0 aliphatic carbocycles. The van der Waals surface area contributed by atoms with Gasteiger partial charge in [0, 0.05) is 6.08 Å². The number of ether oxygens (including phenoxy) is 1. The zero-order valence-electron chi connectivity index (χ0n) is 10.9. The van der Waals surface area contributed by atoms with Crippen LogP contribution in [0.15, 0.2) is 67.3 Å². The Bertz CT molecular complexity index is 612. The molecule has 100 valence electrons. The van der Waals surface area contributed by atoms with Crippen LogP contribution in [0.25, 0.3) is 11.1 Å². The van der Waals surface area contributed by atoms with Crippen molar-refractivity contribution < 1.29 is 14.3 Å². The molecule has 0 saturated carbocycles. The van der Waals surface area contributed by atoms with Crippen LogP contribution in [0.3, 0.4) is 0 Å². The molecule has 0 N–H and O–H groups in total. The number of carbonyl (C=O) groups excluding carboxylic acids is 2. The van der Waals surface area contributed by atoms with Gasteiger partial charge in [-0.2, -0.15) is 0 Å². The summed E-state index contributed by atoms with van der Waals surface area (Å²) in [4.78, 5) is 22.3. The minimum Gasteiger partial charge on any atom is -0.390 e. The second-order valence-corrected chi connectivity index (χ2v) is 4.24. The highest BCUT2D eigenvalue weighted by Crippen LogP contribution is 2.19. The Hall–Kier alpha value is -2.68. The Morgan fingerprint density at radius 1 is 0.950 bits per heavy atom. The summed E-state index contributed by atoms with van der Waals surface area (Å²) in [7, 11) is 0. The molecule has 0 fully saturated rings. The maximum Gasteiger partial charge on any atom is 0.337 e. The van der Waals surface area contributed by atoms with Crippen LogP contribution in [0, 0.1) is 0 Å². The molecule has 2 aromatic carbocycles. The smallest absolute Gasteiger partial charge is 0.337 e. The molecule has 0 aliphatic heterocycles. The lowest BCUT2D eigenvalue weighted by Gasteiger charge is -2.04. The van der Waals surface area contributed by atoms with Gasteiger partial charge in [0.2, 0.25) is 0 Å². The summed E-state index contributed by atoms with van der Waals surface area (Å²) < 4.78 is 4.52. The van der Waals surface area contributed by atoms with Crippen LogP contribution >= 0.6 is 0 Å². The predicted molar refractivity (Wildman–Crippen MR) is 76.9 cm³/mol. The summed E-state index contributed by atoms with van der Waals surface area (Å²) in [6.45, 7) is 3.24. The quantitative estimate of drug-likeness (QED) is 0.485. The zero-order chi connectivity index (χ0) is 14.4. The average molecular weight is 266 g/mol. The van der Waals surface area contributed by atoms with Gasteiger partial charge in [0.25, 0.3) is 0 Å². The summed E-state index contributed by atoms with van der Waals surface area (Å²) in [6.07, 6.45) is 1.03. The third-order valence-corrected chi connectivity index (χ3v) is 2.79. The molecule has 0 amide bonds. The van der Waals surface area contributed by atoms with Crippen molar-refractivity contribution in [1.82, 2.24) is 0 Å². The number of rotatable bonds is 4. The Morgan fingerprint density at radius 3 is 2.15 bits per heavy atom. The number of esters is 2. The maximum atomic E-state index is 11.4. The highest BCUT2D eigenvalue weighted by atomic mass is 16.6. The van der Waals surface area contributed by atoms with E-state index in [1.807, 2.05) is 54.6 Å². The van der Waals surface area contributed by atoms with Gasteiger partial charge in [-0.3, -0.25) is 4.79 Å². The molecule has 0 bridgehead atoms. The minimum atomic E-state index is -0.726. The van der Waals surface area contributed by atoms with Crippen LogP contribution < -0.4 is 0 Å². The third-order valence-electron chi connectivity index (χ3n) is 2.79. The fourth-order valence-corrected chi connectivity index (χ4v) is 1.80. The van der Waals surface area contributed by atoms with E-state index < -0.39 is 11.9 Å². The van der Waals surface area contributed by atoms with Crippen LogP contribution in [0.2, 0.25) is 0 Å². The summed E-state index contributed by atoms with van der Waals surface area (Å²) >= 11 is 0. The van der Waals surface area contributed by atoms with Crippen molar-refractivity contribution in [1.29, 1.82) is 0 Å². The average Bonchev–Trinajstić information content (AvgIpc) is 2.48. The first-order valence-corrected chi connectivity index (χ1v) is 6.20. The fraction of sp³-hybridized carbons (Fsp3) is 0.0588. The molecule has 0 radical (unpaired) electrons. The Morgan fingerprint density at radius 2 is 1.55 bits per heavy atom. The molecule has 0 unspecified atom stereocenters. The standard InChI is InChI=1S/C17H14O3/c1-2-16(18)20-17(19)12-13-8-10-15(11-9-13)14-6-4-3-5-7-14/h2-11H,1,12H2. The summed E-state index contributed by atoms with van der Waals surface area (Å²) in [5, 5.41) is 0. The zero-order valence-corrected chi connectivity index (χ0v) is 10.9. The lowest BCUT2D eigenvalue weighted by atomic mass is 10.0. The molecular formula is C17H14O3. The van der Waals surface area contributed by atoms with E-state index in [0.717, 1.165) is 22.8 Å². The lowest BCUT2D eigenvalue weighted by Crippen LogP contribution is -2.12. The van der Waals surface area contributed by atoms with E-state index in [-0.39, 0.29) is 6.42 Å². The summed E-state index contributed by atoms with van der Waals surface area (Å²) in [5.74, 6) is -1.31. The van der Waals surface area contributed by atoms with Crippen LogP contribution in [0.5, 0.6) is 0 Å². The largest absolute Gasteiger partial charge is 0.390 e. The van der Waals surface area contributed by atoms with E-state index in [1.165, 1.54) is 0 Å². The monoisotopic (exact) mass is 266 g/mol. The Kier molecular flexibility index (Phi) is 4.45. The molecule has 0 aliphatic rings. The van der Waals surface area contributed by atoms with Crippen molar-refractivity contribution in [3.8, 4) is 11.1 Å². The topological polar surface area (TPSA) is 43.4 Å². The molecule has 0 saturated heterocycles. The molecular weight excluding hydrogens is 252 g/mol. The number of benzene rings is 2. The first-order valence-electron chi connectivity index (χ1n) is 6.20. The van der Waals surface area contributed by atoms with E-state index >= 15 is 0 Å². The molecule has 2 aromatic rings. The molecule has 20 heavy (non-hydrogen) atoms. The van der Waals surface area contributed by atoms with Gasteiger partial charge in [0.1, 0.15) is 0 Å². The van der Waals surface area contributed by atoms with Crippen molar-refractivity contribution in [2.24, 2.45) is 0 Å². The first-order chi connectivity index (χ1) is 9.69. The number of carbonyl (C=O) groups is 2. The maximum absolute atomic E-state index is 11.4. The SMILES string of the molecule is C=CC(=O)OC(=O)Cc1ccc(-c2ccccc2)cc1. The van der Waals surface area contributed by atoms with Gasteiger partial charge < -0.3 is 4.74 Å². The Balaban J connectivity index is 2.04. The number of hydrogen-bond donors (Lipinski definition) is 0. The highest BCUT2D eigenvalue weighted by Gasteiger charge is 2.08. The van der Waals surface area contributed by atoms with Crippen molar-refractivity contribution in [3.05, 3.63) is 72.8 Å². The van der Waals surface area contributed by atoms with Crippen molar-refractivity contribution in [2.45, 2.75) is 6.42 Å². The lowest BCUT2D eigenvalue weighted by molar-refractivity contribution is -0.155. The second kappa shape index (κ2) is 6.48. The van der Waals surface area contributed by atoms with E-state index in [0.29, 0.717) is 0 Å². The molecule has 2 rings (SSSR count). The predicted octanol–water partition coefficient (Wildman–Crippen LogP) is 3.15. The van der Waals surface area contributed by atoms with Crippen molar-refractivity contribution in [3.63, 3.8) is 0 Å². The third kappa shape index (κ3) is 3.65. The molecule has 0 atom stereocenters. The highest BCUT2D eigenvalue weighted by molar-refractivity contribution is 5.92. The first kappa shape index (κ1) is 13.7. The molecule has 3 nitrogen and oxygen atoms in total. The van der Waals surface area contributed by atoms with E-state index in [2.05, 4.69) is 11.3 Å². The normalized spacial score (nSPS) is 9.80. The van der Waals surface area contributed by atoms with Crippen LogP contribution in [0.1, 0.15) is 5.56 Å². The van der Waals surface area contributed by atoms with Crippen LogP contribution in [-0.4, -0.2) is 11.9 Å². The van der Waals surface area contributed by atoms with E-state index in [4.69, 9.17) is 0 Å². The molecule has 0 aromatic heterocycles. The van der Waals surface area contributed by atoms with Crippen LogP contribution in [0.4, 0.5) is 0 Å². The van der Waals surface area contributed by atoms with Gasteiger partial charge >= 0.3 is 11.9 Å². The molecule has 3 heteroatoms. The fourth-order valence-electron chi connectivity index (χ4n) is 1.80. The van der Waals surface area contributed by atoms with Crippen LogP contribution in [-0.2, 0) is 20.7 Å². The van der Waals surface area contributed by atoms with Crippen molar-refractivity contribution in [2.75, 3.05) is 0 Å². The van der Waals surface area contributed by atoms with Gasteiger partial charge in [0.05, 0.1) is 6.42 Å². The minimum absolute atomic E-state index is 0.0641. The van der Waals surface area contributed by atoms with Gasteiger partial charge in [0.15, 0.2) is 0 Å². The molecule has 0 heterocycles. The van der Waals surface area contributed by atoms with Gasteiger partial charge in [-0.05, 0) is 16.7 Å². The van der Waals surface area contributed by atoms with Gasteiger partial charge in [-0.15, -0.1) is 0 Å². The van der Waals surface area contributed by atoms with Crippen molar-refractivity contribution >= 4 is 11.9 Å². The summed E-state index contributed by atoms with van der Waals surface area (Å²) in [5.41, 5.74) is 2.99. The van der Waals surface area contributed by atoms with Gasteiger partial charge in [-0.1, -0.05) is 61.2 Å². The summed E-state index contributed by atoms with van der Waals surface area (Å²) in [6, 6.07) is 17.5. The molecule has 0 spiro atoms. The second-order valence-electron chi connectivity index (χ2n) is 4.24.